The topological polar surface area (TPSA) is 29.5 Å². The molecule has 5 heteroatoms. The van der Waals surface area contributed by atoms with Crippen LogP contribution in [-0.2, 0) is 0 Å². The highest BCUT2D eigenvalue weighted by Crippen LogP contribution is 2.33. The molecule has 0 radical (unpaired) electrons. The van der Waals surface area contributed by atoms with Crippen molar-refractivity contribution < 1.29 is 14.2 Å². The number of hydrogen-bond donors (Lipinski definition) is 1. The fourth-order valence-corrected chi connectivity index (χ4v) is 2.26. The van der Waals surface area contributed by atoms with Gasteiger partial charge in [0.1, 0.15) is 17.7 Å². The molecule has 2 aromatic carbocycles. The maximum atomic E-state index is 13.4. The van der Waals surface area contributed by atoms with Crippen molar-refractivity contribution in [3.05, 3.63) is 63.4 Å². The van der Waals surface area contributed by atoms with Crippen molar-refractivity contribution in [1.82, 2.24) is 0 Å². The third kappa shape index (κ3) is 2.84. The Morgan fingerprint density at radius 2 is 1.95 bits per heavy atom. The third-order valence-corrected chi connectivity index (χ3v) is 3.46. The Balaban J connectivity index is 2.41. The highest BCUT2D eigenvalue weighted by Gasteiger charge is 2.17. The van der Waals surface area contributed by atoms with Gasteiger partial charge in [0.25, 0.3) is 0 Å². The van der Waals surface area contributed by atoms with Crippen molar-refractivity contribution in [2.75, 3.05) is 7.11 Å². The second-order valence-electron chi connectivity index (χ2n) is 3.94. The number of hydrogen-bond acceptors (Lipinski definition) is 2. The van der Waals surface area contributed by atoms with Crippen LogP contribution in [0.2, 0.25) is 10.0 Å². The van der Waals surface area contributed by atoms with Gasteiger partial charge in [-0.1, -0.05) is 41.4 Å². The molecule has 2 aromatic rings. The Kier molecular flexibility index (Phi) is 4.30. The van der Waals surface area contributed by atoms with Crippen LogP contribution >= 0.6 is 23.2 Å². The molecule has 1 unspecified atom stereocenters. The smallest absolute Gasteiger partial charge is 0.142 e. The lowest BCUT2D eigenvalue weighted by Crippen LogP contribution is -2.02. The monoisotopic (exact) mass is 300 g/mol. The number of rotatable bonds is 3. The van der Waals surface area contributed by atoms with Gasteiger partial charge < -0.3 is 9.84 Å². The number of aliphatic hydroxyl groups excluding tert-OH is 1. The molecular formula is C14H11Cl2FO2. The molecule has 0 aliphatic heterocycles. The lowest BCUT2D eigenvalue weighted by molar-refractivity contribution is 0.220. The fraction of sp³-hybridized carbons (Fsp3) is 0.143. The molecule has 1 N–H and O–H groups in total. The zero-order valence-corrected chi connectivity index (χ0v) is 11.5. The van der Waals surface area contributed by atoms with Gasteiger partial charge in [0.15, 0.2) is 0 Å². The van der Waals surface area contributed by atoms with Gasteiger partial charge in [0.2, 0.25) is 0 Å². The second-order valence-corrected chi connectivity index (χ2v) is 4.72. The summed E-state index contributed by atoms with van der Waals surface area (Å²) < 4.78 is 18.4. The Morgan fingerprint density at radius 3 is 2.58 bits per heavy atom. The van der Waals surface area contributed by atoms with Gasteiger partial charge in [0, 0.05) is 5.56 Å². The summed E-state index contributed by atoms with van der Waals surface area (Å²) in [5, 5.41) is 10.5. The van der Waals surface area contributed by atoms with Crippen LogP contribution in [0, 0.1) is 5.82 Å². The van der Waals surface area contributed by atoms with Crippen LogP contribution in [0.4, 0.5) is 4.39 Å². The molecule has 0 saturated heterocycles. The Morgan fingerprint density at radius 1 is 1.21 bits per heavy atom. The lowest BCUT2D eigenvalue weighted by atomic mass is 10.0. The van der Waals surface area contributed by atoms with Gasteiger partial charge in [-0.25, -0.2) is 4.39 Å². The van der Waals surface area contributed by atoms with Crippen LogP contribution < -0.4 is 4.74 Å². The summed E-state index contributed by atoms with van der Waals surface area (Å²) in [6.07, 6.45) is -1.05. The summed E-state index contributed by atoms with van der Waals surface area (Å²) in [7, 11) is 1.50. The molecule has 1 atom stereocenters. The van der Waals surface area contributed by atoms with E-state index in [1.54, 1.807) is 24.3 Å². The van der Waals surface area contributed by atoms with Crippen molar-refractivity contribution in [1.29, 1.82) is 0 Å². The lowest BCUT2D eigenvalue weighted by Gasteiger charge is -2.14. The molecular weight excluding hydrogens is 290 g/mol. The minimum Gasteiger partial charge on any atom is -0.495 e. The van der Waals surface area contributed by atoms with E-state index >= 15 is 0 Å². The van der Waals surface area contributed by atoms with Crippen molar-refractivity contribution in [2.45, 2.75) is 6.10 Å². The molecule has 100 valence electrons. The zero-order chi connectivity index (χ0) is 14.0. The highest BCUT2D eigenvalue weighted by molar-refractivity contribution is 6.32. The summed E-state index contributed by atoms with van der Waals surface area (Å²) in [5.74, 6) is -0.0687. The average Bonchev–Trinajstić information content (AvgIpc) is 2.41. The number of aliphatic hydroxyl groups is 1. The Hall–Kier alpha value is -1.29. The van der Waals surface area contributed by atoms with Gasteiger partial charge in [-0.05, 0) is 23.8 Å². The van der Waals surface area contributed by atoms with Gasteiger partial charge in [-0.15, -0.1) is 0 Å². The summed E-state index contributed by atoms with van der Waals surface area (Å²) >= 11 is 11.8. The van der Waals surface area contributed by atoms with Crippen molar-refractivity contribution in [3.8, 4) is 5.75 Å². The Labute approximate surface area is 120 Å². The largest absolute Gasteiger partial charge is 0.495 e. The van der Waals surface area contributed by atoms with Crippen LogP contribution in [0.25, 0.3) is 0 Å². The van der Waals surface area contributed by atoms with Crippen LogP contribution in [0.15, 0.2) is 36.4 Å². The van der Waals surface area contributed by atoms with Crippen LogP contribution in [-0.4, -0.2) is 12.2 Å². The van der Waals surface area contributed by atoms with Gasteiger partial charge >= 0.3 is 0 Å². The van der Waals surface area contributed by atoms with Crippen LogP contribution in [0.1, 0.15) is 17.2 Å². The third-order valence-electron chi connectivity index (χ3n) is 2.77. The first kappa shape index (κ1) is 14.1. The molecule has 0 saturated carbocycles. The van der Waals surface area contributed by atoms with E-state index in [9.17, 15) is 9.50 Å². The van der Waals surface area contributed by atoms with E-state index in [1.807, 2.05) is 0 Å². The predicted molar refractivity (Wildman–Crippen MR) is 73.5 cm³/mol. The number of benzene rings is 2. The molecule has 0 heterocycles. The summed E-state index contributed by atoms with van der Waals surface area (Å²) in [6.45, 7) is 0. The minimum atomic E-state index is -1.05. The van der Waals surface area contributed by atoms with Crippen LogP contribution in [0.5, 0.6) is 5.75 Å². The van der Waals surface area contributed by atoms with Crippen molar-refractivity contribution >= 4 is 23.2 Å². The zero-order valence-electron chi connectivity index (χ0n) is 10.0. The maximum Gasteiger partial charge on any atom is 0.142 e. The van der Waals surface area contributed by atoms with Crippen LogP contribution in [0.3, 0.4) is 0 Å². The average molecular weight is 301 g/mol. The number of ether oxygens (including phenoxy) is 1. The molecule has 0 aliphatic carbocycles. The quantitative estimate of drug-likeness (QED) is 0.919. The SMILES string of the molecule is COc1ccc(C(O)c2cccc(F)c2Cl)cc1Cl. The number of methoxy groups -OCH3 is 1. The molecule has 0 spiro atoms. The van der Waals surface area contributed by atoms with E-state index in [1.165, 1.54) is 19.2 Å². The van der Waals surface area contributed by atoms with Gasteiger partial charge in [-0.3, -0.25) is 0 Å². The first-order valence-corrected chi connectivity index (χ1v) is 6.25. The minimum absolute atomic E-state index is 0.0954. The molecule has 0 aliphatic rings. The standard InChI is InChI=1S/C14H11Cl2FO2/c1-19-12-6-5-8(7-10(12)15)14(18)9-3-2-4-11(17)13(9)16/h2-7,14,18H,1H3. The predicted octanol–water partition coefficient (Wildman–Crippen LogP) is 4.22. The normalized spacial score (nSPS) is 12.3. The fourth-order valence-electron chi connectivity index (χ4n) is 1.76. The summed E-state index contributed by atoms with van der Waals surface area (Å²) in [6, 6.07) is 9.13. The van der Waals surface area contributed by atoms with E-state index in [4.69, 9.17) is 27.9 Å². The maximum absolute atomic E-state index is 13.4. The number of halogens is 3. The van der Waals surface area contributed by atoms with E-state index in [0.29, 0.717) is 21.9 Å². The van der Waals surface area contributed by atoms with Crippen molar-refractivity contribution in [3.63, 3.8) is 0 Å². The molecule has 0 fully saturated rings. The molecule has 0 bridgehead atoms. The molecule has 0 aromatic heterocycles. The first-order chi connectivity index (χ1) is 9.04. The van der Waals surface area contributed by atoms with E-state index < -0.39 is 11.9 Å². The van der Waals surface area contributed by atoms with E-state index in [2.05, 4.69) is 0 Å². The second kappa shape index (κ2) is 5.78. The first-order valence-electron chi connectivity index (χ1n) is 5.50. The molecule has 2 nitrogen and oxygen atoms in total. The molecule has 2 rings (SSSR count). The van der Waals surface area contributed by atoms with E-state index in [0.717, 1.165) is 0 Å². The summed E-state index contributed by atoms with van der Waals surface area (Å²) in [5.41, 5.74) is 0.807. The molecule has 19 heavy (non-hydrogen) atoms. The summed E-state index contributed by atoms with van der Waals surface area (Å²) in [4.78, 5) is 0. The van der Waals surface area contributed by atoms with Crippen molar-refractivity contribution in [2.24, 2.45) is 0 Å². The van der Waals surface area contributed by atoms with Gasteiger partial charge in [0.05, 0.1) is 17.2 Å². The molecule has 0 amide bonds. The highest BCUT2D eigenvalue weighted by atomic mass is 35.5. The van der Waals surface area contributed by atoms with Gasteiger partial charge in [-0.2, -0.15) is 0 Å². The van der Waals surface area contributed by atoms with E-state index in [-0.39, 0.29) is 5.02 Å². The Bertz CT molecular complexity index is 602.